The topological polar surface area (TPSA) is 46.3 Å². The van der Waals surface area contributed by atoms with Crippen molar-refractivity contribution in [1.82, 2.24) is 4.90 Å². The highest BCUT2D eigenvalue weighted by atomic mass is 16.1. The molecule has 0 radical (unpaired) electrons. The maximum Gasteiger partial charge on any atom is 0.245 e. The van der Waals surface area contributed by atoms with E-state index in [-0.39, 0.29) is 5.91 Å². The van der Waals surface area contributed by atoms with Gasteiger partial charge in [-0.05, 0) is 18.4 Å². The number of hydrogen-bond donors (Lipinski definition) is 1. The first-order valence-electron chi connectivity index (χ1n) is 6.01. The van der Waals surface area contributed by atoms with Gasteiger partial charge in [0.1, 0.15) is 0 Å². The number of nitrogens with zero attached hydrogens (tertiary/aromatic N) is 1. The highest BCUT2D eigenvalue weighted by molar-refractivity contribution is 5.92. The van der Waals surface area contributed by atoms with Crippen LogP contribution in [0.1, 0.15) is 12.0 Å². The van der Waals surface area contributed by atoms with Gasteiger partial charge >= 0.3 is 0 Å². The summed E-state index contributed by atoms with van der Waals surface area (Å²) in [4.78, 5) is 13.4. The molecule has 0 saturated heterocycles. The van der Waals surface area contributed by atoms with Gasteiger partial charge in [-0.3, -0.25) is 9.69 Å². The molecule has 0 aliphatic carbocycles. The summed E-state index contributed by atoms with van der Waals surface area (Å²) in [5.41, 5.74) is 7.39. The number of rotatable bonds is 4. The van der Waals surface area contributed by atoms with Crippen molar-refractivity contribution >= 4 is 5.91 Å². The molecule has 0 atom stereocenters. The van der Waals surface area contributed by atoms with Gasteiger partial charge in [0.05, 0.1) is 0 Å². The second kappa shape index (κ2) is 5.64. The summed E-state index contributed by atoms with van der Waals surface area (Å²) in [6, 6.07) is 10.4. The quantitative estimate of drug-likeness (QED) is 0.848. The average molecular weight is 230 g/mol. The zero-order chi connectivity index (χ0) is 12.1. The van der Waals surface area contributed by atoms with Gasteiger partial charge in [0.25, 0.3) is 0 Å². The van der Waals surface area contributed by atoms with Crippen LogP contribution in [0.15, 0.2) is 42.0 Å². The zero-order valence-corrected chi connectivity index (χ0v) is 9.93. The van der Waals surface area contributed by atoms with E-state index in [2.05, 4.69) is 29.2 Å². The lowest BCUT2D eigenvalue weighted by Crippen LogP contribution is -2.35. The van der Waals surface area contributed by atoms with Crippen LogP contribution in [0.4, 0.5) is 0 Å². The van der Waals surface area contributed by atoms with Crippen LogP contribution in [0.2, 0.25) is 0 Å². The van der Waals surface area contributed by atoms with Gasteiger partial charge in [0.2, 0.25) is 5.91 Å². The third kappa shape index (κ3) is 3.43. The smallest absolute Gasteiger partial charge is 0.245 e. The fourth-order valence-electron chi connectivity index (χ4n) is 2.11. The predicted octanol–water partition coefficient (Wildman–Crippen LogP) is 1.35. The molecule has 0 saturated carbocycles. The van der Waals surface area contributed by atoms with E-state index >= 15 is 0 Å². The van der Waals surface area contributed by atoms with Gasteiger partial charge in [-0.25, -0.2) is 0 Å². The monoisotopic (exact) mass is 230 g/mol. The van der Waals surface area contributed by atoms with Crippen molar-refractivity contribution in [3.63, 3.8) is 0 Å². The summed E-state index contributed by atoms with van der Waals surface area (Å²) in [5, 5.41) is 0. The van der Waals surface area contributed by atoms with Crippen molar-refractivity contribution in [3.8, 4) is 0 Å². The SMILES string of the molecule is NC(=O)C1=CCCN(CCc2ccccc2)C1. The number of hydrogen-bond acceptors (Lipinski definition) is 2. The summed E-state index contributed by atoms with van der Waals surface area (Å²) in [5.74, 6) is -0.283. The molecule has 90 valence electrons. The van der Waals surface area contributed by atoms with Gasteiger partial charge in [0.15, 0.2) is 0 Å². The first-order chi connectivity index (χ1) is 8.25. The molecule has 0 aromatic heterocycles. The van der Waals surface area contributed by atoms with Crippen LogP contribution in [0.5, 0.6) is 0 Å². The third-order valence-corrected chi connectivity index (χ3v) is 3.11. The Labute approximate surface area is 102 Å². The number of carbonyl (C=O) groups is 1. The molecular formula is C14H18N2O. The third-order valence-electron chi connectivity index (χ3n) is 3.11. The molecule has 1 amide bonds. The lowest BCUT2D eigenvalue weighted by atomic mass is 10.1. The molecule has 1 aromatic carbocycles. The molecule has 1 aliphatic heterocycles. The Bertz CT molecular complexity index is 411. The molecule has 0 bridgehead atoms. The lowest BCUT2D eigenvalue weighted by Gasteiger charge is -2.25. The Balaban J connectivity index is 1.85. The van der Waals surface area contributed by atoms with Gasteiger partial charge in [-0.2, -0.15) is 0 Å². The number of benzene rings is 1. The molecule has 3 heteroatoms. The van der Waals surface area contributed by atoms with Crippen molar-refractivity contribution < 1.29 is 4.79 Å². The van der Waals surface area contributed by atoms with Crippen LogP contribution in [0.25, 0.3) is 0 Å². The van der Waals surface area contributed by atoms with Crippen LogP contribution in [0.3, 0.4) is 0 Å². The van der Waals surface area contributed by atoms with E-state index in [1.165, 1.54) is 5.56 Å². The summed E-state index contributed by atoms with van der Waals surface area (Å²) in [6.07, 6.45) is 3.90. The van der Waals surface area contributed by atoms with Crippen molar-refractivity contribution in [2.75, 3.05) is 19.6 Å². The number of carbonyl (C=O) groups excluding carboxylic acids is 1. The first-order valence-corrected chi connectivity index (χ1v) is 6.01. The van der Waals surface area contributed by atoms with Gasteiger partial charge in [-0.1, -0.05) is 36.4 Å². The van der Waals surface area contributed by atoms with E-state index < -0.39 is 0 Å². The number of amides is 1. The lowest BCUT2D eigenvalue weighted by molar-refractivity contribution is -0.114. The molecule has 17 heavy (non-hydrogen) atoms. The molecular weight excluding hydrogens is 212 g/mol. The molecule has 0 fully saturated rings. The second-order valence-electron chi connectivity index (χ2n) is 4.39. The van der Waals surface area contributed by atoms with Crippen molar-refractivity contribution in [1.29, 1.82) is 0 Å². The average Bonchev–Trinajstić information content (AvgIpc) is 2.38. The molecule has 0 spiro atoms. The maximum absolute atomic E-state index is 11.1. The van der Waals surface area contributed by atoms with Crippen LogP contribution >= 0.6 is 0 Å². The summed E-state index contributed by atoms with van der Waals surface area (Å²) >= 11 is 0. The maximum atomic E-state index is 11.1. The van der Waals surface area contributed by atoms with Crippen LogP contribution in [-0.4, -0.2) is 30.4 Å². The fourth-order valence-corrected chi connectivity index (χ4v) is 2.11. The predicted molar refractivity (Wildman–Crippen MR) is 68.5 cm³/mol. The van der Waals surface area contributed by atoms with Crippen LogP contribution in [0, 0.1) is 0 Å². The van der Waals surface area contributed by atoms with Crippen LogP contribution < -0.4 is 5.73 Å². The Morgan fingerprint density at radius 3 is 2.76 bits per heavy atom. The zero-order valence-electron chi connectivity index (χ0n) is 9.93. The number of primary amides is 1. The van der Waals surface area contributed by atoms with Crippen LogP contribution in [-0.2, 0) is 11.2 Å². The fraction of sp³-hybridized carbons (Fsp3) is 0.357. The molecule has 2 rings (SSSR count). The summed E-state index contributed by atoms with van der Waals surface area (Å²) < 4.78 is 0. The van der Waals surface area contributed by atoms with Gasteiger partial charge in [0, 0.05) is 25.2 Å². The minimum atomic E-state index is -0.283. The van der Waals surface area contributed by atoms with Crippen molar-refractivity contribution in [3.05, 3.63) is 47.5 Å². The van der Waals surface area contributed by atoms with E-state index in [4.69, 9.17) is 5.73 Å². The Hall–Kier alpha value is -1.61. The summed E-state index contributed by atoms with van der Waals surface area (Å²) in [7, 11) is 0. The van der Waals surface area contributed by atoms with Gasteiger partial charge in [-0.15, -0.1) is 0 Å². The normalized spacial score (nSPS) is 16.6. The summed E-state index contributed by atoms with van der Waals surface area (Å²) in [6.45, 7) is 2.69. The minimum Gasteiger partial charge on any atom is -0.366 e. The molecule has 3 nitrogen and oxygen atoms in total. The number of nitrogens with two attached hydrogens (primary N) is 1. The largest absolute Gasteiger partial charge is 0.366 e. The molecule has 0 unspecified atom stereocenters. The Kier molecular flexibility index (Phi) is 3.94. The van der Waals surface area contributed by atoms with Crippen molar-refractivity contribution in [2.24, 2.45) is 5.73 Å². The van der Waals surface area contributed by atoms with E-state index in [9.17, 15) is 4.79 Å². The molecule has 1 heterocycles. The molecule has 1 aliphatic rings. The Morgan fingerprint density at radius 2 is 2.06 bits per heavy atom. The molecule has 2 N–H and O–H groups in total. The Morgan fingerprint density at radius 1 is 1.29 bits per heavy atom. The van der Waals surface area contributed by atoms with Gasteiger partial charge < -0.3 is 5.73 Å². The van der Waals surface area contributed by atoms with E-state index in [0.29, 0.717) is 6.54 Å². The standard InChI is InChI=1S/C14H18N2O/c15-14(17)13-7-4-9-16(11-13)10-8-12-5-2-1-3-6-12/h1-3,5-7H,4,8-11H2,(H2,15,17). The second-order valence-corrected chi connectivity index (χ2v) is 4.39. The first kappa shape index (κ1) is 11.9. The minimum absolute atomic E-state index is 0.283. The van der Waals surface area contributed by atoms with E-state index in [1.807, 2.05) is 12.1 Å². The van der Waals surface area contributed by atoms with Crippen molar-refractivity contribution in [2.45, 2.75) is 12.8 Å². The van der Waals surface area contributed by atoms with E-state index in [0.717, 1.165) is 31.5 Å². The highest BCUT2D eigenvalue weighted by Crippen LogP contribution is 2.10. The van der Waals surface area contributed by atoms with E-state index in [1.54, 1.807) is 0 Å². The highest BCUT2D eigenvalue weighted by Gasteiger charge is 2.15. The molecule has 1 aromatic rings.